The molecule has 2 aliphatic carbocycles. The summed E-state index contributed by atoms with van der Waals surface area (Å²) in [6.45, 7) is 1.70. The molecule has 0 saturated heterocycles. The van der Waals surface area contributed by atoms with Crippen molar-refractivity contribution in [3.05, 3.63) is 28.8 Å². The van der Waals surface area contributed by atoms with Crippen LogP contribution in [0.5, 0.6) is 0 Å². The van der Waals surface area contributed by atoms with Gasteiger partial charge in [0.1, 0.15) is 0 Å². The minimum absolute atomic E-state index is 0.263. The largest absolute Gasteiger partial charge is 0.276 e. The molecule has 2 fully saturated rings. The summed E-state index contributed by atoms with van der Waals surface area (Å²) in [7, 11) is -3.32. The second kappa shape index (κ2) is 4.85. The Kier molecular flexibility index (Phi) is 3.41. The molecule has 108 valence electrons. The fourth-order valence-corrected chi connectivity index (χ4v) is 5.28. The summed E-state index contributed by atoms with van der Waals surface area (Å²) in [5.74, 6) is 0.316. The van der Waals surface area contributed by atoms with Gasteiger partial charge in [0.25, 0.3) is 5.24 Å². The van der Waals surface area contributed by atoms with Crippen molar-refractivity contribution in [2.75, 3.05) is 0 Å². The standard InChI is InChI=1S/C15H17ClO3S/c1-9-12(15(16)17)7-8-13(10-3-2-4-10)14(9)20(18,19)11-5-6-11/h7-8,10-11H,2-6H2,1H3. The Balaban J connectivity index is 2.21. The van der Waals surface area contributed by atoms with Crippen LogP contribution in [0.3, 0.4) is 0 Å². The van der Waals surface area contributed by atoms with Crippen molar-refractivity contribution < 1.29 is 13.2 Å². The van der Waals surface area contributed by atoms with E-state index in [2.05, 4.69) is 0 Å². The number of halogens is 1. The Morgan fingerprint density at radius 1 is 1.20 bits per heavy atom. The molecule has 2 saturated carbocycles. The number of carbonyl (C=O) groups excluding carboxylic acids is 1. The summed E-state index contributed by atoms with van der Waals surface area (Å²) >= 11 is 5.57. The van der Waals surface area contributed by atoms with Gasteiger partial charge < -0.3 is 0 Å². The van der Waals surface area contributed by atoms with E-state index in [9.17, 15) is 13.2 Å². The topological polar surface area (TPSA) is 51.2 Å². The minimum Gasteiger partial charge on any atom is -0.276 e. The molecule has 3 nitrogen and oxygen atoms in total. The molecule has 0 heterocycles. The number of hydrogen-bond acceptors (Lipinski definition) is 3. The highest BCUT2D eigenvalue weighted by molar-refractivity contribution is 7.92. The average Bonchev–Trinajstić information content (AvgIpc) is 3.09. The van der Waals surface area contributed by atoms with Crippen molar-refractivity contribution in [3.8, 4) is 0 Å². The van der Waals surface area contributed by atoms with Crippen LogP contribution in [0.4, 0.5) is 0 Å². The predicted molar refractivity (Wildman–Crippen MR) is 78.2 cm³/mol. The van der Waals surface area contributed by atoms with Crippen molar-refractivity contribution in [2.45, 2.75) is 55.1 Å². The number of benzene rings is 1. The quantitative estimate of drug-likeness (QED) is 0.798. The second-order valence-electron chi connectivity index (χ2n) is 5.80. The van der Waals surface area contributed by atoms with Gasteiger partial charge in [0.2, 0.25) is 0 Å². The molecule has 5 heteroatoms. The molecule has 0 atom stereocenters. The van der Waals surface area contributed by atoms with E-state index in [-0.39, 0.29) is 5.25 Å². The third kappa shape index (κ3) is 2.19. The molecule has 20 heavy (non-hydrogen) atoms. The van der Waals surface area contributed by atoms with Gasteiger partial charge in [-0.05, 0) is 67.3 Å². The van der Waals surface area contributed by atoms with Crippen molar-refractivity contribution in [1.82, 2.24) is 0 Å². The van der Waals surface area contributed by atoms with Crippen LogP contribution in [0, 0.1) is 6.92 Å². The summed E-state index contributed by atoms with van der Waals surface area (Å²) in [5, 5.41) is -0.851. The summed E-state index contributed by atoms with van der Waals surface area (Å²) in [5.41, 5.74) is 1.73. The molecule has 1 aromatic carbocycles. The molecule has 0 aromatic heterocycles. The van der Waals surface area contributed by atoms with Crippen LogP contribution < -0.4 is 0 Å². The van der Waals surface area contributed by atoms with Crippen molar-refractivity contribution >= 4 is 26.7 Å². The van der Waals surface area contributed by atoms with Gasteiger partial charge >= 0.3 is 0 Å². The van der Waals surface area contributed by atoms with Crippen LogP contribution in [-0.2, 0) is 9.84 Å². The maximum Gasteiger partial charge on any atom is 0.252 e. The van der Waals surface area contributed by atoms with E-state index in [1.165, 1.54) is 0 Å². The van der Waals surface area contributed by atoms with Crippen LogP contribution in [-0.4, -0.2) is 18.9 Å². The van der Waals surface area contributed by atoms with Crippen LogP contribution in [0.15, 0.2) is 17.0 Å². The average molecular weight is 313 g/mol. The zero-order valence-electron chi connectivity index (χ0n) is 11.4. The molecule has 0 unspecified atom stereocenters. The number of rotatable bonds is 4. The van der Waals surface area contributed by atoms with Gasteiger partial charge in [0.15, 0.2) is 9.84 Å². The molecular weight excluding hydrogens is 296 g/mol. The lowest BCUT2D eigenvalue weighted by atomic mass is 9.79. The first-order chi connectivity index (χ1) is 9.43. The van der Waals surface area contributed by atoms with E-state index in [0.29, 0.717) is 21.9 Å². The highest BCUT2D eigenvalue weighted by atomic mass is 35.5. The molecule has 0 radical (unpaired) electrons. The van der Waals surface area contributed by atoms with Gasteiger partial charge in [-0.25, -0.2) is 8.42 Å². The second-order valence-corrected chi connectivity index (χ2v) is 8.31. The highest BCUT2D eigenvalue weighted by Crippen LogP contribution is 2.44. The van der Waals surface area contributed by atoms with Gasteiger partial charge in [-0.3, -0.25) is 4.79 Å². The van der Waals surface area contributed by atoms with Gasteiger partial charge in [-0.15, -0.1) is 0 Å². The molecule has 1 aromatic rings. The van der Waals surface area contributed by atoms with E-state index >= 15 is 0 Å². The SMILES string of the molecule is Cc1c(C(=O)Cl)ccc(C2CCC2)c1S(=O)(=O)C1CC1. The molecule has 0 amide bonds. The molecular formula is C15H17ClO3S. The number of carbonyl (C=O) groups is 1. The molecule has 0 aliphatic heterocycles. The first kappa shape index (κ1) is 14.1. The molecule has 0 bridgehead atoms. The fraction of sp³-hybridized carbons (Fsp3) is 0.533. The van der Waals surface area contributed by atoms with Gasteiger partial charge in [-0.1, -0.05) is 12.5 Å². The first-order valence-corrected chi connectivity index (χ1v) is 8.92. The van der Waals surface area contributed by atoms with Crippen LogP contribution in [0.2, 0.25) is 0 Å². The van der Waals surface area contributed by atoms with Crippen molar-refractivity contribution in [2.24, 2.45) is 0 Å². The monoisotopic (exact) mass is 312 g/mol. The van der Waals surface area contributed by atoms with E-state index < -0.39 is 15.1 Å². The fourth-order valence-electron chi connectivity index (χ4n) is 2.89. The lowest BCUT2D eigenvalue weighted by molar-refractivity contribution is 0.108. The minimum atomic E-state index is -3.32. The van der Waals surface area contributed by atoms with Crippen molar-refractivity contribution in [3.63, 3.8) is 0 Å². The van der Waals surface area contributed by atoms with Gasteiger partial charge in [0, 0.05) is 5.56 Å². The Hall–Kier alpha value is -0.870. The smallest absolute Gasteiger partial charge is 0.252 e. The lowest BCUT2D eigenvalue weighted by Gasteiger charge is -2.29. The summed E-state index contributed by atoms with van der Waals surface area (Å²) in [6, 6.07) is 3.46. The third-order valence-electron chi connectivity index (χ3n) is 4.44. The summed E-state index contributed by atoms with van der Waals surface area (Å²) in [6.07, 6.45) is 4.65. The lowest BCUT2D eigenvalue weighted by Crippen LogP contribution is -2.19. The number of hydrogen-bond donors (Lipinski definition) is 0. The highest BCUT2D eigenvalue weighted by Gasteiger charge is 2.41. The summed E-state index contributed by atoms with van der Waals surface area (Å²) < 4.78 is 25.4. The van der Waals surface area contributed by atoms with E-state index in [4.69, 9.17) is 11.6 Å². The number of sulfone groups is 1. The van der Waals surface area contributed by atoms with Crippen molar-refractivity contribution in [1.29, 1.82) is 0 Å². The van der Waals surface area contributed by atoms with E-state index in [0.717, 1.165) is 37.7 Å². The van der Waals surface area contributed by atoms with Crippen LogP contribution in [0.25, 0.3) is 0 Å². The molecule has 3 rings (SSSR count). The molecule has 0 N–H and O–H groups in total. The zero-order chi connectivity index (χ0) is 14.5. The van der Waals surface area contributed by atoms with E-state index in [1.807, 2.05) is 0 Å². The maximum absolute atomic E-state index is 12.7. The Morgan fingerprint density at radius 2 is 1.85 bits per heavy atom. The Labute approximate surface area is 124 Å². The van der Waals surface area contributed by atoms with Crippen LogP contribution >= 0.6 is 11.6 Å². The predicted octanol–water partition coefficient (Wildman–Crippen LogP) is 3.58. The molecule has 2 aliphatic rings. The first-order valence-electron chi connectivity index (χ1n) is 7.00. The third-order valence-corrected chi connectivity index (χ3v) is 7.10. The molecule has 0 spiro atoms. The zero-order valence-corrected chi connectivity index (χ0v) is 12.9. The Morgan fingerprint density at radius 3 is 2.30 bits per heavy atom. The van der Waals surface area contributed by atoms with Crippen LogP contribution in [0.1, 0.15) is 59.5 Å². The normalized spacial score (nSPS) is 19.7. The Bertz CT molecular complexity index is 671. The van der Waals surface area contributed by atoms with Gasteiger partial charge in [-0.2, -0.15) is 0 Å². The van der Waals surface area contributed by atoms with E-state index in [1.54, 1.807) is 19.1 Å². The maximum atomic E-state index is 12.7. The van der Waals surface area contributed by atoms with Gasteiger partial charge in [0.05, 0.1) is 10.1 Å². The summed E-state index contributed by atoms with van der Waals surface area (Å²) in [4.78, 5) is 11.9.